The number of rotatable bonds is 5. The SMILES string of the molecule is COc1cccc(Oc2c(C(F)(F)F)oc3cc(OC(=O)c4ccccc4C)ccc3c2=O)c1. The lowest BCUT2D eigenvalue weighted by Crippen LogP contribution is -2.16. The van der Waals surface area contributed by atoms with Crippen LogP contribution in [0.1, 0.15) is 21.7 Å². The van der Waals surface area contributed by atoms with Gasteiger partial charge in [0.2, 0.25) is 11.2 Å². The first-order valence-corrected chi connectivity index (χ1v) is 9.95. The van der Waals surface area contributed by atoms with E-state index in [0.717, 1.165) is 6.07 Å². The van der Waals surface area contributed by atoms with Crippen LogP contribution in [0, 0.1) is 6.92 Å². The van der Waals surface area contributed by atoms with Crippen LogP contribution in [0.5, 0.6) is 23.0 Å². The molecule has 0 aliphatic heterocycles. The van der Waals surface area contributed by atoms with Crippen LogP contribution in [0.25, 0.3) is 11.0 Å². The quantitative estimate of drug-likeness (QED) is 0.258. The molecule has 4 aromatic rings. The maximum absolute atomic E-state index is 13.8. The van der Waals surface area contributed by atoms with E-state index in [1.165, 1.54) is 37.4 Å². The summed E-state index contributed by atoms with van der Waals surface area (Å²) in [5, 5.41) is -0.179. The topological polar surface area (TPSA) is 75.0 Å². The zero-order chi connectivity index (χ0) is 24.5. The second-order valence-corrected chi connectivity index (χ2v) is 7.23. The molecule has 6 nitrogen and oxygen atoms in total. The van der Waals surface area contributed by atoms with Gasteiger partial charge >= 0.3 is 12.1 Å². The maximum Gasteiger partial charge on any atom is 0.453 e. The van der Waals surface area contributed by atoms with Crippen LogP contribution >= 0.6 is 0 Å². The minimum atomic E-state index is -5.03. The second kappa shape index (κ2) is 8.93. The van der Waals surface area contributed by atoms with Crippen molar-refractivity contribution in [3.05, 3.63) is 93.8 Å². The van der Waals surface area contributed by atoms with E-state index in [2.05, 4.69) is 0 Å². The van der Waals surface area contributed by atoms with Crippen LogP contribution in [0.15, 0.2) is 75.9 Å². The number of fused-ring (bicyclic) bond motifs is 1. The van der Waals surface area contributed by atoms with Crippen LogP contribution < -0.4 is 19.6 Å². The van der Waals surface area contributed by atoms with Gasteiger partial charge in [-0.2, -0.15) is 13.2 Å². The van der Waals surface area contributed by atoms with E-state index in [1.807, 2.05) is 0 Å². The highest BCUT2D eigenvalue weighted by atomic mass is 19.4. The van der Waals surface area contributed by atoms with E-state index in [0.29, 0.717) is 16.9 Å². The van der Waals surface area contributed by atoms with Gasteiger partial charge in [0.15, 0.2) is 0 Å². The highest BCUT2D eigenvalue weighted by Gasteiger charge is 2.40. The number of halogens is 3. The third-order valence-electron chi connectivity index (χ3n) is 4.92. The number of ether oxygens (including phenoxy) is 3. The van der Waals surface area contributed by atoms with Gasteiger partial charge in [0.25, 0.3) is 5.76 Å². The normalized spacial score (nSPS) is 11.3. The number of carbonyl (C=O) groups is 1. The standard InChI is InChI=1S/C25H17F3O6/c1-14-6-3-4-9-18(14)24(30)33-17-10-11-19-20(13-17)34-23(25(26,27)28)22(21(19)29)32-16-8-5-7-15(12-16)31-2/h3-13H,1-2H3. The lowest BCUT2D eigenvalue weighted by molar-refractivity contribution is -0.154. The zero-order valence-corrected chi connectivity index (χ0v) is 17.9. The Balaban J connectivity index is 1.76. The lowest BCUT2D eigenvalue weighted by atomic mass is 10.1. The summed E-state index contributed by atoms with van der Waals surface area (Å²) in [5.41, 5.74) is -0.487. The van der Waals surface area contributed by atoms with Crippen LogP contribution in [-0.2, 0) is 6.18 Å². The molecule has 174 valence electrons. The Morgan fingerprint density at radius 1 is 0.912 bits per heavy atom. The van der Waals surface area contributed by atoms with Crippen molar-refractivity contribution < 1.29 is 36.6 Å². The van der Waals surface area contributed by atoms with Gasteiger partial charge in [-0.15, -0.1) is 0 Å². The third kappa shape index (κ3) is 4.59. The highest BCUT2D eigenvalue weighted by molar-refractivity contribution is 5.93. The minimum absolute atomic E-state index is 0.0414. The summed E-state index contributed by atoms with van der Waals surface area (Å²) in [4.78, 5) is 25.4. The van der Waals surface area contributed by atoms with Gasteiger partial charge in [-0.3, -0.25) is 4.79 Å². The van der Waals surface area contributed by atoms with Crippen LogP contribution in [0.3, 0.4) is 0 Å². The Labute approximate surface area is 191 Å². The molecule has 0 radical (unpaired) electrons. The fourth-order valence-electron chi connectivity index (χ4n) is 3.25. The monoisotopic (exact) mass is 470 g/mol. The molecule has 9 heteroatoms. The van der Waals surface area contributed by atoms with Crippen molar-refractivity contribution in [2.24, 2.45) is 0 Å². The number of hydrogen-bond acceptors (Lipinski definition) is 6. The van der Waals surface area contributed by atoms with E-state index >= 15 is 0 Å². The second-order valence-electron chi connectivity index (χ2n) is 7.23. The predicted octanol–water partition coefficient (Wildman–Crippen LogP) is 6.14. The molecule has 0 atom stereocenters. The van der Waals surface area contributed by atoms with Crippen molar-refractivity contribution in [1.82, 2.24) is 0 Å². The van der Waals surface area contributed by atoms with E-state index in [9.17, 15) is 22.8 Å². The molecular weight excluding hydrogens is 453 g/mol. The Morgan fingerprint density at radius 3 is 2.35 bits per heavy atom. The maximum atomic E-state index is 13.8. The van der Waals surface area contributed by atoms with Gasteiger partial charge in [0, 0.05) is 12.1 Å². The number of hydrogen-bond donors (Lipinski definition) is 0. The predicted molar refractivity (Wildman–Crippen MR) is 117 cm³/mol. The van der Waals surface area contributed by atoms with Crippen LogP contribution in [0.4, 0.5) is 13.2 Å². The van der Waals surface area contributed by atoms with Crippen molar-refractivity contribution in [2.75, 3.05) is 7.11 Å². The van der Waals surface area contributed by atoms with Gasteiger partial charge in [0.1, 0.15) is 22.8 Å². The molecule has 3 aromatic carbocycles. The van der Waals surface area contributed by atoms with Gasteiger partial charge in [-0.1, -0.05) is 24.3 Å². The van der Waals surface area contributed by atoms with Crippen LogP contribution in [0.2, 0.25) is 0 Å². The Kier molecular flexibility index (Phi) is 6.02. The lowest BCUT2D eigenvalue weighted by Gasteiger charge is -2.14. The molecule has 1 heterocycles. The summed E-state index contributed by atoms with van der Waals surface area (Å²) in [6.07, 6.45) is -5.03. The molecule has 34 heavy (non-hydrogen) atoms. The smallest absolute Gasteiger partial charge is 0.453 e. The molecule has 1 aromatic heterocycles. The first-order valence-electron chi connectivity index (χ1n) is 9.95. The van der Waals surface area contributed by atoms with E-state index in [-0.39, 0.29) is 16.9 Å². The molecule has 4 rings (SSSR count). The van der Waals surface area contributed by atoms with E-state index in [4.69, 9.17) is 18.6 Å². The fraction of sp³-hybridized carbons (Fsp3) is 0.120. The van der Waals surface area contributed by atoms with Gasteiger partial charge < -0.3 is 18.6 Å². The first-order chi connectivity index (χ1) is 16.2. The van der Waals surface area contributed by atoms with Crippen molar-refractivity contribution in [3.8, 4) is 23.0 Å². The number of carbonyl (C=O) groups excluding carboxylic acids is 1. The van der Waals surface area contributed by atoms with Gasteiger partial charge in [-0.05, 0) is 42.8 Å². The molecule has 0 aliphatic rings. The van der Waals surface area contributed by atoms with Crippen molar-refractivity contribution in [1.29, 1.82) is 0 Å². The molecular formula is C25H17F3O6. The first kappa shape index (κ1) is 22.9. The number of alkyl halides is 3. The van der Waals surface area contributed by atoms with Gasteiger partial charge in [0.05, 0.1) is 18.1 Å². The molecule has 0 spiro atoms. The third-order valence-corrected chi connectivity index (χ3v) is 4.92. The summed E-state index contributed by atoms with van der Waals surface area (Å²) >= 11 is 0. The summed E-state index contributed by atoms with van der Waals surface area (Å²) < 4.78 is 61.9. The van der Waals surface area contributed by atoms with E-state index < -0.39 is 34.7 Å². The largest absolute Gasteiger partial charge is 0.497 e. The molecule has 0 saturated carbocycles. The summed E-state index contributed by atoms with van der Waals surface area (Å²) in [5.74, 6) is -3.13. The number of methoxy groups -OCH3 is 1. The molecule has 0 unspecified atom stereocenters. The average Bonchev–Trinajstić information content (AvgIpc) is 2.80. The minimum Gasteiger partial charge on any atom is -0.497 e. The zero-order valence-electron chi connectivity index (χ0n) is 17.9. The molecule has 0 amide bonds. The Morgan fingerprint density at radius 2 is 1.65 bits per heavy atom. The van der Waals surface area contributed by atoms with E-state index in [1.54, 1.807) is 37.3 Å². The summed E-state index contributed by atoms with van der Waals surface area (Å²) in [6, 6.07) is 16.0. The molecule has 0 fully saturated rings. The van der Waals surface area contributed by atoms with Crippen LogP contribution in [-0.4, -0.2) is 13.1 Å². The van der Waals surface area contributed by atoms with Crippen molar-refractivity contribution in [2.45, 2.75) is 13.1 Å². The highest BCUT2D eigenvalue weighted by Crippen LogP contribution is 2.39. The van der Waals surface area contributed by atoms with Gasteiger partial charge in [-0.25, -0.2) is 4.79 Å². The van der Waals surface area contributed by atoms with Crippen molar-refractivity contribution in [3.63, 3.8) is 0 Å². The molecule has 0 N–H and O–H groups in total. The summed E-state index contributed by atoms with van der Waals surface area (Å²) in [7, 11) is 1.38. The summed E-state index contributed by atoms with van der Waals surface area (Å²) in [6.45, 7) is 1.72. The van der Waals surface area contributed by atoms with Crippen molar-refractivity contribution >= 4 is 16.9 Å². The number of benzene rings is 3. The molecule has 0 aliphatic carbocycles. The Hall–Kier alpha value is -4.27. The average molecular weight is 470 g/mol. The molecule has 0 saturated heterocycles. The fourth-order valence-corrected chi connectivity index (χ4v) is 3.25. The number of esters is 1. The molecule has 0 bridgehead atoms. The Bertz CT molecular complexity index is 1440. The number of aryl methyl sites for hydroxylation is 1.